The second-order valence-electron chi connectivity index (χ2n) is 7.17. The van der Waals surface area contributed by atoms with Gasteiger partial charge in [0.2, 0.25) is 5.91 Å². The van der Waals surface area contributed by atoms with Crippen LogP contribution in [0.15, 0.2) is 35.3 Å². The number of aryl methyl sites for hydroxylation is 1. The summed E-state index contributed by atoms with van der Waals surface area (Å²) in [6.07, 6.45) is 5.12. The van der Waals surface area contributed by atoms with Crippen molar-refractivity contribution in [3.63, 3.8) is 0 Å². The molecule has 1 aromatic rings. The lowest BCUT2D eigenvalue weighted by Gasteiger charge is -2.31. The summed E-state index contributed by atoms with van der Waals surface area (Å²) < 4.78 is 0. The number of benzene rings is 1. The lowest BCUT2D eigenvalue weighted by Crippen LogP contribution is -2.43. The minimum absolute atomic E-state index is 0.0233. The van der Waals surface area contributed by atoms with Gasteiger partial charge in [-0.2, -0.15) is 0 Å². The molecule has 6 nitrogen and oxygen atoms in total. The van der Waals surface area contributed by atoms with E-state index < -0.39 is 0 Å². The third-order valence-electron chi connectivity index (χ3n) is 4.93. The number of rotatable bonds is 10. The van der Waals surface area contributed by atoms with E-state index in [0.29, 0.717) is 0 Å². The van der Waals surface area contributed by atoms with Crippen LogP contribution in [-0.4, -0.2) is 56.0 Å². The Morgan fingerprint density at radius 1 is 1.26 bits per heavy atom. The number of primary amides is 1. The highest BCUT2D eigenvalue weighted by molar-refractivity contribution is 5.79. The molecule has 1 amide bonds. The number of hydrogen-bond acceptors (Lipinski definition) is 3. The van der Waals surface area contributed by atoms with Crippen molar-refractivity contribution in [1.82, 2.24) is 15.5 Å². The van der Waals surface area contributed by atoms with Gasteiger partial charge in [0.1, 0.15) is 0 Å². The zero-order chi connectivity index (χ0) is 19.3. The average Bonchev–Trinajstić information content (AvgIpc) is 2.69. The average molecular weight is 374 g/mol. The van der Waals surface area contributed by atoms with Gasteiger partial charge in [-0.25, -0.2) is 0 Å². The number of piperidine rings is 1. The number of amides is 1. The molecule has 0 saturated carbocycles. The van der Waals surface area contributed by atoms with Gasteiger partial charge in [-0.1, -0.05) is 30.3 Å². The zero-order valence-corrected chi connectivity index (χ0v) is 16.6. The molecule has 1 aromatic carbocycles. The van der Waals surface area contributed by atoms with Gasteiger partial charge in [-0.3, -0.25) is 9.79 Å². The Bertz CT molecular complexity index is 575. The van der Waals surface area contributed by atoms with Gasteiger partial charge in [0, 0.05) is 26.2 Å². The fourth-order valence-corrected chi connectivity index (χ4v) is 3.46. The number of nitrogens with one attached hydrogen (secondary N) is 2. The number of hydrogen-bond donors (Lipinski definition) is 3. The Hall–Kier alpha value is -2.08. The molecule has 150 valence electrons. The third-order valence-corrected chi connectivity index (χ3v) is 4.93. The standard InChI is InChI=1S/C21H35N5O/c1-2-23-21(24-13-6-11-18-9-4-3-5-10-18)25-14-8-16-26-15-7-12-19(17-26)20(22)27/h3-5,9-10,19H,2,6-8,11-17H2,1H3,(H2,22,27)(H2,23,24,25). The molecule has 1 fully saturated rings. The molecular weight excluding hydrogens is 338 g/mol. The summed E-state index contributed by atoms with van der Waals surface area (Å²) in [6.45, 7) is 7.50. The number of nitrogens with zero attached hydrogens (tertiary/aromatic N) is 2. The van der Waals surface area contributed by atoms with Crippen molar-refractivity contribution in [2.45, 2.75) is 39.0 Å². The van der Waals surface area contributed by atoms with Gasteiger partial charge in [-0.15, -0.1) is 0 Å². The normalized spacial score (nSPS) is 18.3. The van der Waals surface area contributed by atoms with E-state index in [1.54, 1.807) is 0 Å². The van der Waals surface area contributed by atoms with Crippen molar-refractivity contribution in [2.24, 2.45) is 16.6 Å². The van der Waals surface area contributed by atoms with Gasteiger partial charge < -0.3 is 21.3 Å². The first-order chi connectivity index (χ1) is 13.2. The lowest BCUT2D eigenvalue weighted by molar-refractivity contribution is -0.123. The van der Waals surface area contributed by atoms with E-state index in [-0.39, 0.29) is 11.8 Å². The summed E-state index contributed by atoms with van der Waals surface area (Å²) in [4.78, 5) is 18.4. The van der Waals surface area contributed by atoms with Crippen molar-refractivity contribution in [3.05, 3.63) is 35.9 Å². The molecular formula is C21H35N5O. The Morgan fingerprint density at radius 2 is 2.07 bits per heavy atom. The summed E-state index contributed by atoms with van der Waals surface area (Å²) in [5, 5.41) is 6.72. The van der Waals surface area contributed by atoms with Crippen LogP contribution in [0.5, 0.6) is 0 Å². The van der Waals surface area contributed by atoms with Crippen LogP contribution in [0.1, 0.15) is 38.2 Å². The predicted molar refractivity (Wildman–Crippen MR) is 112 cm³/mol. The van der Waals surface area contributed by atoms with Crippen LogP contribution >= 0.6 is 0 Å². The molecule has 27 heavy (non-hydrogen) atoms. The van der Waals surface area contributed by atoms with Crippen LogP contribution in [0.3, 0.4) is 0 Å². The Balaban J connectivity index is 1.64. The number of guanidine groups is 1. The maximum Gasteiger partial charge on any atom is 0.221 e. The molecule has 1 heterocycles. The minimum Gasteiger partial charge on any atom is -0.369 e. The smallest absolute Gasteiger partial charge is 0.221 e. The highest BCUT2D eigenvalue weighted by Gasteiger charge is 2.23. The van der Waals surface area contributed by atoms with Gasteiger partial charge >= 0.3 is 0 Å². The summed E-state index contributed by atoms with van der Waals surface area (Å²) in [7, 11) is 0. The van der Waals surface area contributed by atoms with Crippen molar-refractivity contribution < 1.29 is 4.79 Å². The van der Waals surface area contributed by atoms with Crippen molar-refractivity contribution in [2.75, 3.05) is 39.3 Å². The molecule has 1 aliphatic heterocycles. The second-order valence-corrected chi connectivity index (χ2v) is 7.17. The first kappa shape index (κ1) is 21.2. The molecule has 1 unspecified atom stereocenters. The van der Waals surface area contributed by atoms with Gasteiger partial charge in [-0.05, 0) is 57.7 Å². The first-order valence-corrected chi connectivity index (χ1v) is 10.3. The van der Waals surface area contributed by atoms with E-state index in [1.165, 1.54) is 5.56 Å². The lowest BCUT2D eigenvalue weighted by atomic mass is 9.97. The maximum atomic E-state index is 11.4. The van der Waals surface area contributed by atoms with Crippen molar-refractivity contribution in [1.29, 1.82) is 0 Å². The van der Waals surface area contributed by atoms with Crippen LogP contribution in [0.4, 0.5) is 0 Å². The monoisotopic (exact) mass is 373 g/mol. The molecule has 2 rings (SSSR count). The van der Waals surface area contributed by atoms with Crippen molar-refractivity contribution in [3.8, 4) is 0 Å². The minimum atomic E-state index is -0.158. The number of carbonyl (C=O) groups excluding carboxylic acids is 1. The van der Waals surface area contributed by atoms with E-state index in [9.17, 15) is 4.79 Å². The Labute approximate surface area is 163 Å². The molecule has 0 bridgehead atoms. The van der Waals surface area contributed by atoms with Crippen LogP contribution in [0, 0.1) is 5.92 Å². The summed E-state index contributed by atoms with van der Waals surface area (Å²) in [5.41, 5.74) is 6.81. The van der Waals surface area contributed by atoms with Gasteiger partial charge in [0.25, 0.3) is 0 Å². The molecule has 0 radical (unpaired) electrons. The largest absolute Gasteiger partial charge is 0.369 e. The predicted octanol–water partition coefficient (Wildman–Crippen LogP) is 1.76. The summed E-state index contributed by atoms with van der Waals surface area (Å²) in [6, 6.07) is 10.5. The number of carbonyl (C=O) groups is 1. The highest BCUT2D eigenvalue weighted by Crippen LogP contribution is 2.15. The second kappa shape index (κ2) is 12.3. The molecule has 0 spiro atoms. The summed E-state index contributed by atoms with van der Waals surface area (Å²) in [5.74, 6) is 0.754. The van der Waals surface area contributed by atoms with E-state index in [0.717, 1.165) is 77.3 Å². The molecule has 0 aliphatic carbocycles. The molecule has 6 heteroatoms. The Kier molecular flexibility index (Phi) is 9.69. The highest BCUT2D eigenvalue weighted by atomic mass is 16.1. The maximum absolute atomic E-state index is 11.4. The quantitative estimate of drug-likeness (QED) is 0.332. The Morgan fingerprint density at radius 3 is 2.81 bits per heavy atom. The van der Waals surface area contributed by atoms with Crippen LogP contribution in [0.25, 0.3) is 0 Å². The van der Waals surface area contributed by atoms with Gasteiger partial charge in [0.05, 0.1) is 5.92 Å². The number of likely N-dealkylation sites (tertiary alicyclic amines) is 1. The molecule has 1 saturated heterocycles. The van der Waals surface area contributed by atoms with Crippen LogP contribution in [0.2, 0.25) is 0 Å². The molecule has 1 atom stereocenters. The van der Waals surface area contributed by atoms with Gasteiger partial charge in [0.15, 0.2) is 5.96 Å². The topological polar surface area (TPSA) is 82.8 Å². The molecule has 4 N–H and O–H groups in total. The van der Waals surface area contributed by atoms with E-state index in [2.05, 4.69) is 51.7 Å². The van der Waals surface area contributed by atoms with E-state index in [4.69, 9.17) is 5.73 Å². The van der Waals surface area contributed by atoms with E-state index >= 15 is 0 Å². The van der Waals surface area contributed by atoms with Crippen LogP contribution < -0.4 is 16.4 Å². The number of nitrogens with two attached hydrogens (primary N) is 1. The fourth-order valence-electron chi connectivity index (χ4n) is 3.46. The first-order valence-electron chi connectivity index (χ1n) is 10.3. The SMILES string of the molecule is CCNC(=NCCCc1ccccc1)NCCCN1CCCC(C(N)=O)C1. The molecule has 1 aliphatic rings. The fraction of sp³-hybridized carbons (Fsp3) is 0.619. The number of aliphatic imine (C=N–C) groups is 1. The van der Waals surface area contributed by atoms with Crippen LogP contribution in [-0.2, 0) is 11.2 Å². The van der Waals surface area contributed by atoms with E-state index in [1.807, 2.05) is 6.07 Å². The molecule has 0 aromatic heterocycles. The van der Waals surface area contributed by atoms with Crippen molar-refractivity contribution >= 4 is 11.9 Å². The summed E-state index contributed by atoms with van der Waals surface area (Å²) >= 11 is 0. The zero-order valence-electron chi connectivity index (χ0n) is 16.6. The third kappa shape index (κ3) is 8.43.